The van der Waals surface area contributed by atoms with E-state index in [1.54, 1.807) is 0 Å². The van der Waals surface area contributed by atoms with Crippen LogP contribution in [0.4, 0.5) is 0 Å². The summed E-state index contributed by atoms with van der Waals surface area (Å²) in [6.45, 7) is 1.00. The number of fused-ring (bicyclic) bond motifs is 2. The summed E-state index contributed by atoms with van der Waals surface area (Å²) in [5.41, 5.74) is 0. The minimum atomic E-state index is 0.529. The lowest BCUT2D eigenvalue weighted by Gasteiger charge is -2.47. The Morgan fingerprint density at radius 1 is 1.00 bits per heavy atom. The first kappa shape index (κ1) is 6.90. The normalized spacial score (nSPS) is 49.3. The van der Waals surface area contributed by atoms with Gasteiger partial charge in [0.1, 0.15) is 0 Å². The van der Waals surface area contributed by atoms with Crippen LogP contribution < -0.4 is 0 Å². The topological polar surface area (TPSA) is 9.23 Å². The molecule has 0 aromatic carbocycles. The Bertz CT molecular complexity index is 207. The zero-order valence-electron chi connectivity index (χ0n) is 7.15. The third-order valence-electron chi connectivity index (χ3n) is 3.54. The van der Waals surface area contributed by atoms with E-state index < -0.39 is 0 Å². The maximum atomic E-state index is 5.76. The first-order valence-electron chi connectivity index (χ1n) is 4.92. The lowest BCUT2D eigenvalue weighted by atomic mass is 9.67. The lowest BCUT2D eigenvalue weighted by molar-refractivity contribution is -0.109. The van der Waals surface area contributed by atoms with Crippen molar-refractivity contribution in [2.75, 3.05) is 6.61 Å². The predicted octanol–water partition coefficient (Wildman–Crippen LogP) is 2.15. The molecule has 4 atom stereocenters. The molecule has 0 aromatic rings. The molecule has 0 aromatic heterocycles. The highest BCUT2D eigenvalue weighted by Crippen LogP contribution is 2.44. The second-order valence-electron chi connectivity index (χ2n) is 4.13. The highest BCUT2D eigenvalue weighted by molar-refractivity contribution is 5.19. The zero-order chi connectivity index (χ0) is 7.97. The van der Waals surface area contributed by atoms with Crippen LogP contribution in [0.3, 0.4) is 0 Å². The average Bonchev–Trinajstić information content (AvgIpc) is 2.20. The van der Waals surface area contributed by atoms with Crippen LogP contribution in [-0.2, 0) is 4.74 Å². The molecule has 3 fully saturated rings. The van der Waals surface area contributed by atoms with Crippen LogP contribution in [0.5, 0.6) is 0 Å². The minimum absolute atomic E-state index is 0.529. The summed E-state index contributed by atoms with van der Waals surface area (Å²) in [5.74, 6) is 2.30. The molecule has 2 saturated heterocycles. The van der Waals surface area contributed by atoms with Gasteiger partial charge in [0.05, 0.1) is 12.7 Å². The first-order valence-corrected chi connectivity index (χ1v) is 4.92. The molecule has 4 unspecified atom stereocenters. The molecule has 64 valence electrons. The van der Waals surface area contributed by atoms with E-state index in [-0.39, 0.29) is 0 Å². The van der Waals surface area contributed by atoms with Crippen LogP contribution >= 0.6 is 0 Å². The van der Waals surface area contributed by atoms with Crippen LogP contribution in [0.2, 0.25) is 0 Å². The second kappa shape index (κ2) is 2.46. The average molecular weight is 162 g/mol. The molecular weight excluding hydrogens is 148 g/mol. The fourth-order valence-corrected chi connectivity index (χ4v) is 2.88. The van der Waals surface area contributed by atoms with Gasteiger partial charge in [0.15, 0.2) is 0 Å². The summed E-state index contributed by atoms with van der Waals surface area (Å²) in [7, 11) is 0. The third kappa shape index (κ3) is 0.831. The van der Waals surface area contributed by atoms with Gasteiger partial charge in [-0.2, -0.15) is 0 Å². The van der Waals surface area contributed by atoms with E-state index >= 15 is 0 Å². The molecule has 2 heterocycles. The molecule has 2 aliphatic heterocycles. The van der Waals surface area contributed by atoms with Crippen LogP contribution in [0.25, 0.3) is 0 Å². The van der Waals surface area contributed by atoms with Gasteiger partial charge in [0.25, 0.3) is 0 Å². The van der Waals surface area contributed by atoms with Gasteiger partial charge >= 0.3 is 0 Å². The summed E-state index contributed by atoms with van der Waals surface area (Å²) in [6, 6.07) is 0. The largest absolute Gasteiger partial charge is 0.377 e. The van der Waals surface area contributed by atoms with Crippen molar-refractivity contribution in [1.82, 2.24) is 0 Å². The van der Waals surface area contributed by atoms with E-state index in [9.17, 15) is 0 Å². The number of hydrogen-bond donors (Lipinski definition) is 0. The van der Waals surface area contributed by atoms with Crippen molar-refractivity contribution in [1.29, 1.82) is 0 Å². The van der Waals surface area contributed by atoms with Crippen molar-refractivity contribution in [3.8, 4) is 0 Å². The molecule has 1 saturated carbocycles. The van der Waals surface area contributed by atoms with Crippen molar-refractivity contribution < 1.29 is 4.74 Å². The maximum Gasteiger partial charge on any atom is 0.0643 e. The molecule has 4 rings (SSSR count). The van der Waals surface area contributed by atoms with Gasteiger partial charge in [0.2, 0.25) is 0 Å². The van der Waals surface area contributed by atoms with E-state index in [0.717, 1.165) is 18.4 Å². The highest BCUT2D eigenvalue weighted by Gasteiger charge is 2.42. The van der Waals surface area contributed by atoms with Gasteiger partial charge < -0.3 is 4.74 Å². The maximum absolute atomic E-state index is 5.76. The SMILES string of the molecule is C1=CC2C3CCC(OC3)C2C=C1. The molecule has 0 radical (unpaired) electrons. The van der Waals surface area contributed by atoms with Crippen LogP contribution in [0.15, 0.2) is 24.3 Å². The Balaban J connectivity index is 1.94. The minimum Gasteiger partial charge on any atom is -0.377 e. The van der Waals surface area contributed by atoms with Crippen LogP contribution in [-0.4, -0.2) is 12.7 Å². The number of ether oxygens (including phenoxy) is 1. The molecule has 1 nitrogen and oxygen atoms in total. The molecule has 12 heavy (non-hydrogen) atoms. The van der Waals surface area contributed by atoms with E-state index in [2.05, 4.69) is 24.3 Å². The van der Waals surface area contributed by atoms with Crippen molar-refractivity contribution in [2.45, 2.75) is 18.9 Å². The Morgan fingerprint density at radius 3 is 2.50 bits per heavy atom. The number of hydrogen-bond acceptors (Lipinski definition) is 1. The number of rotatable bonds is 0. The number of allylic oxidation sites excluding steroid dienone is 3. The van der Waals surface area contributed by atoms with Crippen molar-refractivity contribution in [3.05, 3.63) is 24.3 Å². The first-order chi connectivity index (χ1) is 5.95. The standard InChI is InChI=1S/C11H14O/c1-2-4-10-9(3-1)8-5-6-11(10)12-7-8/h1-4,8-11H,5-7H2. The monoisotopic (exact) mass is 162 g/mol. The van der Waals surface area contributed by atoms with Crippen LogP contribution in [0, 0.1) is 17.8 Å². The summed E-state index contributed by atoms with van der Waals surface area (Å²) < 4.78 is 5.76. The lowest BCUT2D eigenvalue weighted by Crippen LogP contribution is -2.46. The molecule has 2 bridgehead atoms. The molecule has 0 N–H and O–H groups in total. The zero-order valence-corrected chi connectivity index (χ0v) is 7.15. The fraction of sp³-hybridized carbons (Fsp3) is 0.636. The smallest absolute Gasteiger partial charge is 0.0643 e. The highest BCUT2D eigenvalue weighted by atomic mass is 16.5. The van der Waals surface area contributed by atoms with Crippen molar-refractivity contribution >= 4 is 0 Å². The van der Waals surface area contributed by atoms with Gasteiger partial charge in [-0.25, -0.2) is 0 Å². The van der Waals surface area contributed by atoms with Gasteiger partial charge in [-0.15, -0.1) is 0 Å². The molecule has 0 spiro atoms. The summed E-state index contributed by atoms with van der Waals surface area (Å²) in [4.78, 5) is 0. The van der Waals surface area contributed by atoms with E-state index in [0.29, 0.717) is 12.0 Å². The van der Waals surface area contributed by atoms with E-state index in [4.69, 9.17) is 4.74 Å². The summed E-state index contributed by atoms with van der Waals surface area (Å²) in [6.07, 6.45) is 12.3. The van der Waals surface area contributed by atoms with Gasteiger partial charge in [-0.05, 0) is 24.7 Å². The van der Waals surface area contributed by atoms with Crippen molar-refractivity contribution in [2.24, 2.45) is 17.8 Å². The van der Waals surface area contributed by atoms with E-state index in [1.807, 2.05) is 0 Å². The Kier molecular flexibility index (Phi) is 1.42. The predicted molar refractivity (Wildman–Crippen MR) is 47.7 cm³/mol. The Morgan fingerprint density at radius 2 is 1.83 bits per heavy atom. The van der Waals surface area contributed by atoms with Gasteiger partial charge in [-0.3, -0.25) is 0 Å². The Labute approximate surface area is 73.1 Å². The summed E-state index contributed by atoms with van der Waals surface area (Å²) in [5, 5.41) is 0. The van der Waals surface area contributed by atoms with Crippen LogP contribution in [0.1, 0.15) is 12.8 Å². The molecule has 4 aliphatic rings. The van der Waals surface area contributed by atoms with Crippen molar-refractivity contribution in [3.63, 3.8) is 0 Å². The third-order valence-corrected chi connectivity index (χ3v) is 3.54. The molecule has 0 amide bonds. The molecule has 1 heteroatoms. The quantitative estimate of drug-likeness (QED) is 0.530. The Hall–Kier alpha value is -0.560. The second-order valence-corrected chi connectivity index (χ2v) is 4.13. The molecule has 2 aliphatic carbocycles. The van der Waals surface area contributed by atoms with E-state index in [1.165, 1.54) is 12.8 Å². The molecular formula is C11H14O. The fourth-order valence-electron chi connectivity index (χ4n) is 2.88. The summed E-state index contributed by atoms with van der Waals surface area (Å²) >= 11 is 0. The van der Waals surface area contributed by atoms with Gasteiger partial charge in [0, 0.05) is 5.92 Å². The van der Waals surface area contributed by atoms with Gasteiger partial charge in [-0.1, -0.05) is 24.3 Å².